The smallest absolute Gasteiger partial charge is 0.0751 e. The van der Waals surface area contributed by atoms with Gasteiger partial charge < -0.3 is 9.67 Å². The summed E-state index contributed by atoms with van der Waals surface area (Å²) in [5, 5.41) is 8.39. The molecule has 0 saturated carbocycles. The van der Waals surface area contributed by atoms with Gasteiger partial charge in [0.2, 0.25) is 0 Å². The van der Waals surface area contributed by atoms with Crippen molar-refractivity contribution in [1.29, 1.82) is 0 Å². The lowest BCUT2D eigenvalue weighted by molar-refractivity contribution is 0.469. The highest BCUT2D eigenvalue weighted by molar-refractivity contribution is 4.89. The zero-order valence-corrected chi connectivity index (χ0v) is 7.89. The Hall–Kier alpha value is -1.18. The number of aliphatic hydroxyl groups excluding tert-OH is 1. The van der Waals surface area contributed by atoms with Crippen molar-refractivity contribution in [2.45, 2.75) is 32.2 Å². The number of rotatable bonds is 6. The van der Waals surface area contributed by atoms with Gasteiger partial charge in [-0.15, -0.1) is 0 Å². The number of aryl methyl sites for hydroxylation is 1. The highest BCUT2D eigenvalue weighted by Gasteiger charge is 1.89. The maximum absolute atomic E-state index is 8.39. The third-order valence-corrected chi connectivity index (χ3v) is 2.06. The van der Waals surface area contributed by atoms with Crippen molar-refractivity contribution in [2.24, 2.45) is 0 Å². The largest absolute Gasteiger partial charge is 0.516 e. The standard InChI is InChI=1S/C11H17NO/c13-11-7-3-1-2-4-8-12-9-5-6-10-12/h5-7,9-11,13H,1-4,8H2. The summed E-state index contributed by atoms with van der Waals surface area (Å²) in [6, 6.07) is 4.10. The summed E-state index contributed by atoms with van der Waals surface area (Å²) in [4.78, 5) is 0. The molecule has 1 N–H and O–H groups in total. The molecule has 1 aromatic rings. The number of nitrogens with zero attached hydrogens (tertiary/aromatic N) is 1. The van der Waals surface area contributed by atoms with Gasteiger partial charge in [-0.3, -0.25) is 0 Å². The fraction of sp³-hybridized carbons (Fsp3) is 0.455. The maximum Gasteiger partial charge on any atom is 0.0751 e. The minimum Gasteiger partial charge on any atom is -0.516 e. The van der Waals surface area contributed by atoms with Gasteiger partial charge >= 0.3 is 0 Å². The summed E-state index contributed by atoms with van der Waals surface area (Å²) in [5.41, 5.74) is 0. The molecule has 0 bridgehead atoms. The molecule has 0 atom stereocenters. The molecular weight excluding hydrogens is 162 g/mol. The first-order valence-corrected chi connectivity index (χ1v) is 4.83. The van der Waals surface area contributed by atoms with E-state index in [1.807, 2.05) is 0 Å². The number of aromatic nitrogens is 1. The zero-order chi connectivity index (χ0) is 9.36. The molecule has 0 spiro atoms. The van der Waals surface area contributed by atoms with E-state index >= 15 is 0 Å². The molecule has 1 heterocycles. The molecule has 0 unspecified atom stereocenters. The predicted octanol–water partition coefficient (Wildman–Crippen LogP) is 3.12. The number of hydrogen-bond acceptors (Lipinski definition) is 1. The van der Waals surface area contributed by atoms with Crippen LogP contribution in [-0.4, -0.2) is 9.67 Å². The first kappa shape index (κ1) is 9.90. The normalized spacial score (nSPS) is 11.1. The quantitative estimate of drug-likeness (QED) is 0.526. The number of aliphatic hydroxyl groups is 1. The van der Waals surface area contributed by atoms with Crippen molar-refractivity contribution in [1.82, 2.24) is 4.57 Å². The second-order valence-electron chi connectivity index (χ2n) is 3.15. The Balaban J connectivity index is 1.96. The second kappa shape index (κ2) is 6.35. The molecule has 0 aliphatic rings. The number of unbranched alkanes of at least 4 members (excludes halogenated alkanes) is 3. The van der Waals surface area contributed by atoms with E-state index in [4.69, 9.17) is 5.11 Å². The fourth-order valence-corrected chi connectivity index (χ4v) is 1.33. The van der Waals surface area contributed by atoms with E-state index in [2.05, 4.69) is 29.1 Å². The Morgan fingerprint density at radius 3 is 2.54 bits per heavy atom. The minimum absolute atomic E-state index is 0.988. The van der Waals surface area contributed by atoms with Crippen molar-refractivity contribution in [3.8, 4) is 0 Å². The Morgan fingerprint density at radius 1 is 1.08 bits per heavy atom. The van der Waals surface area contributed by atoms with Gasteiger partial charge in [-0.1, -0.05) is 12.5 Å². The van der Waals surface area contributed by atoms with Gasteiger partial charge in [-0.25, -0.2) is 0 Å². The summed E-state index contributed by atoms with van der Waals surface area (Å²) in [6.07, 6.45) is 11.7. The zero-order valence-electron chi connectivity index (χ0n) is 7.89. The monoisotopic (exact) mass is 179 g/mol. The van der Waals surface area contributed by atoms with Gasteiger partial charge in [-0.05, 0) is 31.4 Å². The van der Waals surface area contributed by atoms with Crippen LogP contribution in [-0.2, 0) is 6.54 Å². The Kier molecular flexibility index (Phi) is 4.84. The maximum atomic E-state index is 8.39. The molecular formula is C11H17NO. The molecule has 0 saturated heterocycles. The number of allylic oxidation sites excluding steroid dienone is 1. The third-order valence-electron chi connectivity index (χ3n) is 2.06. The van der Waals surface area contributed by atoms with Crippen LogP contribution in [0.25, 0.3) is 0 Å². The van der Waals surface area contributed by atoms with E-state index in [0.717, 1.165) is 19.2 Å². The summed E-state index contributed by atoms with van der Waals surface area (Å²) in [7, 11) is 0. The second-order valence-corrected chi connectivity index (χ2v) is 3.15. The van der Waals surface area contributed by atoms with Gasteiger partial charge in [0.15, 0.2) is 0 Å². The summed E-state index contributed by atoms with van der Waals surface area (Å²) >= 11 is 0. The van der Waals surface area contributed by atoms with Gasteiger partial charge in [0, 0.05) is 18.9 Å². The van der Waals surface area contributed by atoms with Crippen LogP contribution < -0.4 is 0 Å². The Labute approximate surface area is 79.5 Å². The summed E-state index contributed by atoms with van der Waals surface area (Å²) in [5.74, 6) is 0. The van der Waals surface area contributed by atoms with Crippen molar-refractivity contribution < 1.29 is 5.11 Å². The summed E-state index contributed by atoms with van der Waals surface area (Å²) in [6.45, 7) is 1.11. The topological polar surface area (TPSA) is 25.2 Å². The lowest BCUT2D eigenvalue weighted by atomic mass is 10.2. The van der Waals surface area contributed by atoms with E-state index in [-0.39, 0.29) is 0 Å². The van der Waals surface area contributed by atoms with Crippen molar-refractivity contribution in [3.05, 3.63) is 36.9 Å². The average molecular weight is 179 g/mol. The molecule has 2 nitrogen and oxygen atoms in total. The first-order chi connectivity index (χ1) is 6.43. The predicted molar refractivity (Wildman–Crippen MR) is 54.7 cm³/mol. The van der Waals surface area contributed by atoms with Crippen molar-refractivity contribution in [3.63, 3.8) is 0 Å². The fourth-order valence-electron chi connectivity index (χ4n) is 1.33. The highest BCUT2D eigenvalue weighted by Crippen LogP contribution is 2.03. The van der Waals surface area contributed by atoms with Crippen LogP contribution in [0, 0.1) is 0 Å². The van der Waals surface area contributed by atoms with Crippen LogP contribution >= 0.6 is 0 Å². The molecule has 0 amide bonds. The van der Waals surface area contributed by atoms with Gasteiger partial charge in [0.05, 0.1) is 6.26 Å². The molecule has 1 rings (SSSR count). The van der Waals surface area contributed by atoms with E-state index in [1.165, 1.54) is 19.3 Å². The van der Waals surface area contributed by atoms with Gasteiger partial charge in [-0.2, -0.15) is 0 Å². The Bertz CT molecular complexity index is 226. The van der Waals surface area contributed by atoms with E-state index in [9.17, 15) is 0 Å². The lowest BCUT2D eigenvalue weighted by Crippen LogP contribution is -1.93. The van der Waals surface area contributed by atoms with E-state index < -0.39 is 0 Å². The van der Waals surface area contributed by atoms with Crippen LogP contribution in [0.3, 0.4) is 0 Å². The van der Waals surface area contributed by atoms with Crippen LogP contribution in [0.1, 0.15) is 25.7 Å². The SMILES string of the molecule is OC=CCCCCCn1cccc1. The van der Waals surface area contributed by atoms with Gasteiger partial charge in [0.1, 0.15) is 0 Å². The van der Waals surface area contributed by atoms with Crippen LogP contribution in [0.5, 0.6) is 0 Å². The molecule has 1 aromatic heterocycles. The van der Waals surface area contributed by atoms with Crippen molar-refractivity contribution >= 4 is 0 Å². The molecule has 13 heavy (non-hydrogen) atoms. The third kappa shape index (κ3) is 4.41. The minimum atomic E-state index is 0.988. The molecule has 0 aliphatic carbocycles. The molecule has 0 aromatic carbocycles. The van der Waals surface area contributed by atoms with E-state index in [1.54, 1.807) is 6.08 Å². The highest BCUT2D eigenvalue weighted by atomic mass is 16.2. The van der Waals surface area contributed by atoms with Crippen LogP contribution in [0.2, 0.25) is 0 Å². The van der Waals surface area contributed by atoms with E-state index in [0.29, 0.717) is 0 Å². The first-order valence-electron chi connectivity index (χ1n) is 4.83. The average Bonchev–Trinajstić information content (AvgIpc) is 2.63. The lowest BCUT2D eigenvalue weighted by Gasteiger charge is -2.01. The van der Waals surface area contributed by atoms with Crippen LogP contribution in [0.4, 0.5) is 0 Å². The summed E-state index contributed by atoms with van der Waals surface area (Å²) < 4.78 is 2.20. The Morgan fingerprint density at radius 2 is 1.85 bits per heavy atom. The van der Waals surface area contributed by atoms with Gasteiger partial charge in [0.25, 0.3) is 0 Å². The van der Waals surface area contributed by atoms with Crippen molar-refractivity contribution in [2.75, 3.05) is 0 Å². The molecule has 72 valence electrons. The number of hydrogen-bond donors (Lipinski definition) is 1. The molecule has 0 fully saturated rings. The molecule has 0 aliphatic heterocycles. The molecule has 2 heteroatoms. The van der Waals surface area contributed by atoms with Crippen LogP contribution in [0.15, 0.2) is 36.9 Å². The molecule has 0 radical (unpaired) electrons.